The van der Waals surface area contributed by atoms with Gasteiger partial charge in [-0.2, -0.15) is 5.10 Å². The lowest BCUT2D eigenvalue weighted by Gasteiger charge is -2.18. The van der Waals surface area contributed by atoms with Gasteiger partial charge in [0.2, 0.25) is 5.91 Å². The number of amides is 1. The molecular weight excluding hydrogens is 300 g/mol. The predicted molar refractivity (Wildman–Crippen MR) is 86.1 cm³/mol. The molecule has 7 heteroatoms. The summed E-state index contributed by atoms with van der Waals surface area (Å²) in [6.07, 6.45) is 1.06. The number of carbonyl (C=O) groups is 1. The van der Waals surface area contributed by atoms with Crippen molar-refractivity contribution in [2.75, 3.05) is 24.5 Å². The van der Waals surface area contributed by atoms with Crippen LogP contribution in [0.3, 0.4) is 0 Å². The zero-order valence-corrected chi connectivity index (χ0v) is 13.0. The van der Waals surface area contributed by atoms with Crippen LogP contribution < -0.4 is 15.1 Å². The molecule has 0 spiro atoms. The van der Waals surface area contributed by atoms with E-state index in [1.807, 2.05) is 18.2 Å². The van der Waals surface area contributed by atoms with Crippen LogP contribution in [0.5, 0.6) is 0 Å². The van der Waals surface area contributed by atoms with E-state index < -0.39 is 0 Å². The summed E-state index contributed by atoms with van der Waals surface area (Å²) >= 11 is 0.997. The maximum atomic E-state index is 11.9. The maximum Gasteiger partial charge on any atom is 0.325 e. The maximum absolute atomic E-state index is 11.9. The molecule has 22 heavy (non-hydrogen) atoms. The molecule has 1 atom stereocenters. The summed E-state index contributed by atoms with van der Waals surface area (Å²) in [6, 6.07) is 10.3. The normalized spacial score (nSPS) is 17.6. The second-order valence-electron chi connectivity index (χ2n) is 5.40. The van der Waals surface area contributed by atoms with Crippen LogP contribution in [0.2, 0.25) is 0 Å². The Labute approximate surface area is 132 Å². The van der Waals surface area contributed by atoms with E-state index in [0.717, 1.165) is 30.8 Å². The SMILES string of the molecule is O=C(Cn1ncsc1=O)NC[C@H]1CCN(c2ccccc2)C1. The van der Waals surface area contributed by atoms with Gasteiger partial charge in [-0.15, -0.1) is 0 Å². The number of benzene rings is 1. The lowest BCUT2D eigenvalue weighted by Crippen LogP contribution is -2.35. The van der Waals surface area contributed by atoms with E-state index in [4.69, 9.17) is 0 Å². The molecule has 2 heterocycles. The van der Waals surface area contributed by atoms with Crippen molar-refractivity contribution < 1.29 is 4.79 Å². The van der Waals surface area contributed by atoms with Crippen molar-refractivity contribution in [1.29, 1.82) is 0 Å². The largest absolute Gasteiger partial charge is 0.371 e. The van der Waals surface area contributed by atoms with Crippen LogP contribution in [0.15, 0.2) is 40.6 Å². The molecule has 1 fully saturated rings. The molecule has 2 aromatic rings. The number of hydrogen-bond acceptors (Lipinski definition) is 5. The van der Waals surface area contributed by atoms with Crippen LogP contribution in [-0.4, -0.2) is 35.3 Å². The van der Waals surface area contributed by atoms with Crippen LogP contribution in [0.4, 0.5) is 5.69 Å². The van der Waals surface area contributed by atoms with Gasteiger partial charge in [0.05, 0.1) is 0 Å². The van der Waals surface area contributed by atoms with Crippen LogP contribution >= 0.6 is 11.3 Å². The highest BCUT2D eigenvalue weighted by molar-refractivity contribution is 7.06. The summed E-state index contributed by atoms with van der Waals surface area (Å²) in [5.74, 6) is 0.280. The minimum atomic E-state index is -0.203. The minimum Gasteiger partial charge on any atom is -0.371 e. The third kappa shape index (κ3) is 3.54. The molecule has 0 aliphatic carbocycles. The monoisotopic (exact) mass is 318 g/mol. The smallest absolute Gasteiger partial charge is 0.325 e. The second-order valence-corrected chi connectivity index (χ2v) is 6.20. The van der Waals surface area contributed by atoms with Crippen molar-refractivity contribution in [3.8, 4) is 0 Å². The average Bonchev–Trinajstić information content (AvgIpc) is 3.16. The number of hydrogen-bond donors (Lipinski definition) is 1. The van der Waals surface area contributed by atoms with Gasteiger partial charge < -0.3 is 10.2 Å². The molecule has 116 valence electrons. The van der Waals surface area contributed by atoms with Gasteiger partial charge in [0.1, 0.15) is 12.1 Å². The molecule has 6 nitrogen and oxygen atoms in total. The molecule has 1 aromatic carbocycles. The molecule has 0 radical (unpaired) electrons. The molecule has 0 unspecified atom stereocenters. The van der Waals surface area contributed by atoms with E-state index >= 15 is 0 Å². The van der Waals surface area contributed by atoms with E-state index in [1.165, 1.54) is 15.9 Å². The molecule has 1 aliphatic rings. The van der Waals surface area contributed by atoms with E-state index in [1.54, 1.807) is 0 Å². The van der Waals surface area contributed by atoms with E-state index in [2.05, 4.69) is 27.4 Å². The Balaban J connectivity index is 1.46. The fourth-order valence-corrected chi connectivity index (χ4v) is 3.15. The zero-order chi connectivity index (χ0) is 15.4. The Morgan fingerprint density at radius 2 is 2.18 bits per heavy atom. The minimum absolute atomic E-state index is 0.00253. The predicted octanol–water partition coefficient (Wildman–Crippen LogP) is 0.947. The second kappa shape index (κ2) is 6.74. The summed E-state index contributed by atoms with van der Waals surface area (Å²) in [5.41, 5.74) is 2.68. The van der Waals surface area contributed by atoms with Crippen molar-refractivity contribution in [3.05, 3.63) is 45.5 Å². The van der Waals surface area contributed by atoms with Crippen LogP contribution in [0, 0.1) is 5.92 Å². The fraction of sp³-hybridized carbons (Fsp3) is 0.400. The van der Waals surface area contributed by atoms with Crippen molar-refractivity contribution in [2.24, 2.45) is 5.92 Å². The highest BCUT2D eigenvalue weighted by atomic mass is 32.1. The summed E-state index contributed by atoms with van der Waals surface area (Å²) in [7, 11) is 0. The van der Waals surface area contributed by atoms with Crippen LogP contribution in [0.1, 0.15) is 6.42 Å². The Morgan fingerprint density at radius 1 is 1.36 bits per heavy atom. The molecule has 1 aliphatic heterocycles. The number of anilines is 1. The van der Waals surface area contributed by atoms with Crippen LogP contribution in [-0.2, 0) is 11.3 Å². The molecule has 0 bridgehead atoms. The fourth-order valence-electron chi connectivity index (χ4n) is 2.66. The number of para-hydroxylation sites is 1. The van der Waals surface area contributed by atoms with Gasteiger partial charge in [0.15, 0.2) is 0 Å². The number of nitrogens with zero attached hydrogens (tertiary/aromatic N) is 3. The van der Waals surface area contributed by atoms with Gasteiger partial charge in [-0.3, -0.25) is 9.59 Å². The summed E-state index contributed by atoms with van der Waals surface area (Å²) in [6.45, 7) is 2.59. The number of carbonyl (C=O) groups excluding carboxylic acids is 1. The topological polar surface area (TPSA) is 67.2 Å². The van der Waals surface area contributed by atoms with Gasteiger partial charge in [-0.05, 0) is 24.5 Å². The Hall–Kier alpha value is -2.15. The summed E-state index contributed by atoms with van der Waals surface area (Å²) in [4.78, 5) is 25.3. The standard InChI is InChI=1S/C15H18N4O2S/c20-14(10-19-15(21)22-11-17-19)16-8-12-6-7-18(9-12)13-4-2-1-3-5-13/h1-5,11-12H,6-10H2,(H,16,20)/t12-/m1/s1. The van der Waals surface area contributed by atoms with E-state index in [0.29, 0.717) is 12.5 Å². The zero-order valence-electron chi connectivity index (χ0n) is 12.1. The van der Waals surface area contributed by atoms with Gasteiger partial charge in [0, 0.05) is 25.3 Å². The first kappa shape index (κ1) is 14.8. The Kier molecular flexibility index (Phi) is 4.53. The van der Waals surface area contributed by atoms with Crippen molar-refractivity contribution >= 4 is 22.9 Å². The van der Waals surface area contributed by atoms with Crippen molar-refractivity contribution in [1.82, 2.24) is 15.1 Å². The Morgan fingerprint density at radius 3 is 2.91 bits per heavy atom. The van der Waals surface area contributed by atoms with Gasteiger partial charge in [-0.25, -0.2) is 4.68 Å². The molecule has 1 N–H and O–H groups in total. The third-order valence-electron chi connectivity index (χ3n) is 3.84. The molecule has 1 saturated heterocycles. The highest BCUT2D eigenvalue weighted by Gasteiger charge is 2.23. The first-order valence-electron chi connectivity index (χ1n) is 7.29. The molecule has 1 aromatic heterocycles. The lowest BCUT2D eigenvalue weighted by molar-refractivity contribution is -0.122. The molecule has 1 amide bonds. The van der Waals surface area contributed by atoms with Crippen molar-refractivity contribution in [3.63, 3.8) is 0 Å². The van der Waals surface area contributed by atoms with E-state index in [9.17, 15) is 9.59 Å². The number of aromatic nitrogens is 2. The average molecular weight is 318 g/mol. The first-order chi connectivity index (χ1) is 10.7. The Bertz CT molecular complexity index is 682. The highest BCUT2D eigenvalue weighted by Crippen LogP contribution is 2.22. The van der Waals surface area contributed by atoms with Gasteiger partial charge >= 0.3 is 4.87 Å². The summed E-state index contributed by atoms with van der Waals surface area (Å²) in [5, 5.41) is 6.74. The first-order valence-corrected chi connectivity index (χ1v) is 8.17. The number of nitrogens with one attached hydrogen (secondary N) is 1. The van der Waals surface area contributed by atoms with Gasteiger partial charge in [-0.1, -0.05) is 29.5 Å². The number of rotatable bonds is 5. The quantitative estimate of drug-likeness (QED) is 0.891. The van der Waals surface area contributed by atoms with Gasteiger partial charge in [0.25, 0.3) is 0 Å². The lowest BCUT2D eigenvalue weighted by atomic mass is 10.1. The molecular formula is C15H18N4O2S. The molecule has 0 saturated carbocycles. The van der Waals surface area contributed by atoms with E-state index in [-0.39, 0.29) is 17.3 Å². The van der Waals surface area contributed by atoms with Crippen LogP contribution in [0.25, 0.3) is 0 Å². The third-order valence-corrected chi connectivity index (χ3v) is 4.45. The van der Waals surface area contributed by atoms with Crippen molar-refractivity contribution in [2.45, 2.75) is 13.0 Å². The summed E-state index contributed by atoms with van der Waals surface area (Å²) < 4.78 is 1.19. The molecule has 3 rings (SSSR count).